The van der Waals surface area contributed by atoms with E-state index in [0.717, 1.165) is 37.8 Å². The molecule has 0 unspecified atom stereocenters. The Morgan fingerprint density at radius 3 is 2.11 bits per heavy atom. The number of piperazine rings is 1. The number of carbonyl (C=O) groups is 3. The summed E-state index contributed by atoms with van der Waals surface area (Å²) in [6.45, 7) is 10.5. The lowest BCUT2D eigenvalue weighted by Gasteiger charge is -2.48. The highest BCUT2D eigenvalue weighted by atomic mass is 35.5. The van der Waals surface area contributed by atoms with Gasteiger partial charge in [0.15, 0.2) is 0 Å². The molecule has 0 spiro atoms. The Labute approximate surface area is 281 Å². The maximum Gasteiger partial charge on any atom is 0.245 e. The Bertz CT molecular complexity index is 1150. The Kier molecular flexibility index (Phi) is 12.8. The summed E-state index contributed by atoms with van der Waals surface area (Å²) >= 11 is 0. The van der Waals surface area contributed by atoms with E-state index in [1.165, 1.54) is 31.4 Å². The van der Waals surface area contributed by atoms with Gasteiger partial charge in [-0.15, -0.1) is 24.8 Å². The SMILES string of the molecule is CC(C)(C)NC(=O)C1(C2CCCCC2)CCN(C(=O)[C@@H](Cc2ccc(F)cc2)NC(=O)[C@@H]2CN[C@@H](C3(C)CC3)CN2)CC1.Cl.Cl. The molecule has 2 saturated heterocycles. The van der Waals surface area contributed by atoms with Gasteiger partial charge in [0, 0.05) is 44.2 Å². The third-order valence-corrected chi connectivity index (χ3v) is 10.6. The molecule has 8 nitrogen and oxygen atoms in total. The molecule has 2 aliphatic carbocycles. The summed E-state index contributed by atoms with van der Waals surface area (Å²) in [6.07, 6.45) is 9.54. The molecule has 4 N–H and O–H groups in total. The molecule has 3 atom stereocenters. The predicted molar refractivity (Wildman–Crippen MR) is 180 cm³/mol. The minimum atomic E-state index is -0.774. The second-order valence-electron chi connectivity index (χ2n) is 15.0. The predicted octanol–water partition coefficient (Wildman–Crippen LogP) is 4.53. The van der Waals surface area contributed by atoms with Crippen molar-refractivity contribution in [2.24, 2.45) is 16.7 Å². The third kappa shape index (κ3) is 9.11. The van der Waals surface area contributed by atoms with Gasteiger partial charge in [-0.1, -0.05) is 38.3 Å². The minimum Gasteiger partial charge on any atom is -0.351 e. The molecule has 0 radical (unpaired) electrons. The van der Waals surface area contributed by atoms with Crippen molar-refractivity contribution >= 4 is 42.5 Å². The number of hydrogen-bond donors (Lipinski definition) is 4. The average Bonchev–Trinajstić information content (AvgIpc) is 3.75. The van der Waals surface area contributed by atoms with Crippen LogP contribution >= 0.6 is 24.8 Å². The number of nitrogens with zero attached hydrogens (tertiary/aromatic N) is 1. The van der Waals surface area contributed by atoms with Gasteiger partial charge in [0.25, 0.3) is 0 Å². The normalized spacial score (nSPS) is 25.1. The molecular weight excluding hydrogens is 616 g/mol. The molecule has 4 aliphatic rings. The molecule has 0 bridgehead atoms. The van der Waals surface area contributed by atoms with Crippen molar-refractivity contribution in [2.75, 3.05) is 26.2 Å². The van der Waals surface area contributed by atoms with Crippen molar-refractivity contribution in [1.29, 1.82) is 0 Å². The van der Waals surface area contributed by atoms with E-state index in [0.29, 0.717) is 49.9 Å². The van der Waals surface area contributed by atoms with Gasteiger partial charge in [0.1, 0.15) is 11.9 Å². The van der Waals surface area contributed by atoms with Crippen LogP contribution in [0, 0.1) is 22.6 Å². The lowest BCUT2D eigenvalue weighted by Crippen LogP contribution is -2.64. The summed E-state index contributed by atoms with van der Waals surface area (Å²) < 4.78 is 13.6. The zero-order valence-corrected chi connectivity index (χ0v) is 29.0. The molecule has 45 heavy (non-hydrogen) atoms. The van der Waals surface area contributed by atoms with Crippen molar-refractivity contribution in [3.05, 3.63) is 35.6 Å². The molecule has 0 aromatic heterocycles. The van der Waals surface area contributed by atoms with Gasteiger partial charge in [-0.2, -0.15) is 0 Å². The molecule has 1 aromatic carbocycles. The first-order valence-electron chi connectivity index (χ1n) is 16.5. The van der Waals surface area contributed by atoms with E-state index in [-0.39, 0.29) is 60.3 Å². The van der Waals surface area contributed by atoms with Crippen LogP contribution in [0.1, 0.15) is 91.0 Å². The Morgan fingerprint density at radius 1 is 0.956 bits per heavy atom. The van der Waals surface area contributed by atoms with Gasteiger partial charge in [0.05, 0.1) is 11.5 Å². The Hall–Kier alpha value is -1.94. The molecular formula is C34H54Cl2FN5O3. The fourth-order valence-electron chi connectivity index (χ4n) is 7.50. The Balaban J connectivity index is 0.00000276. The maximum atomic E-state index is 14.1. The highest BCUT2D eigenvalue weighted by molar-refractivity contribution is 5.91. The summed E-state index contributed by atoms with van der Waals surface area (Å²) in [5.41, 5.74) is 0.288. The summed E-state index contributed by atoms with van der Waals surface area (Å²) in [5.74, 6) is -0.244. The van der Waals surface area contributed by atoms with E-state index in [2.05, 4.69) is 28.2 Å². The van der Waals surface area contributed by atoms with Crippen LogP contribution in [0.5, 0.6) is 0 Å². The maximum absolute atomic E-state index is 14.1. The first-order valence-corrected chi connectivity index (χ1v) is 16.5. The van der Waals surface area contributed by atoms with Crippen molar-refractivity contribution in [1.82, 2.24) is 26.2 Å². The molecule has 254 valence electrons. The van der Waals surface area contributed by atoms with Crippen molar-refractivity contribution in [2.45, 2.75) is 116 Å². The lowest BCUT2D eigenvalue weighted by atomic mass is 9.63. The van der Waals surface area contributed by atoms with E-state index in [1.54, 1.807) is 12.1 Å². The second-order valence-corrected chi connectivity index (χ2v) is 15.0. The molecule has 5 rings (SSSR count). The molecule has 2 saturated carbocycles. The molecule has 2 aliphatic heterocycles. The number of halogens is 3. The van der Waals surface area contributed by atoms with Crippen molar-refractivity contribution in [3.63, 3.8) is 0 Å². The largest absolute Gasteiger partial charge is 0.351 e. The summed E-state index contributed by atoms with van der Waals surface area (Å²) in [7, 11) is 0. The van der Waals surface area contributed by atoms with Crippen LogP contribution in [0.25, 0.3) is 0 Å². The quantitative estimate of drug-likeness (QED) is 0.326. The third-order valence-electron chi connectivity index (χ3n) is 10.6. The fourth-order valence-corrected chi connectivity index (χ4v) is 7.50. The van der Waals surface area contributed by atoms with E-state index in [1.807, 2.05) is 25.7 Å². The van der Waals surface area contributed by atoms with Crippen LogP contribution in [0.15, 0.2) is 24.3 Å². The topological polar surface area (TPSA) is 103 Å². The van der Waals surface area contributed by atoms with Crippen molar-refractivity contribution in [3.8, 4) is 0 Å². The number of piperidine rings is 1. The highest BCUT2D eigenvalue weighted by Gasteiger charge is 2.49. The molecule has 11 heteroatoms. The molecule has 4 fully saturated rings. The van der Waals surface area contributed by atoms with Gasteiger partial charge in [0.2, 0.25) is 17.7 Å². The van der Waals surface area contributed by atoms with E-state index in [9.17, 15) is 18.8 Å². The van der Waals surface area contributed by atoms with Crippen LogP contribution in [0.3, 0.4) is 0 Å². The van der Waals surface area contributed by atoms with Gasteiger partial charge >= 0.3 is 0 Å². The standard InChI is InChI=1S/C34H52FN5O3.2ClH/c1-32(2,3)39-31(43)34(24-8-6-5-7-9-24)16-18-40(19-17-34)30(42)26(20-23-10-12-25(35)13-11-23)38-29(41)27-21-37-28(22-36-27)33(4)14-15-33;;/h10-13,24,26-28,36-37H,5-9,14-22H2,1-4H3,(H,38,41)(H,39,43);2*1H/t26-,27+,28-;;/m1../s1. The average molecular weight is 671 g/mol. The second kappa shape index (κ2) is 15.3. The Morgan fingerprint density at radius 2 is 1.58 bits per heavy atom. The van der Waals surface area contributed by atoms with E-state index < -0.39 is 17.5 Å². The number of benzene rings is 1. The van der Waals surface area contributed by atoms with Crippen LogP contribution in [0.2, 0.25) is 0 Å². The van der Waals surface area contributed by atoms with Crippen molar-refractivity contribution < 1.29 is 18.8 Å². The number of amides is 3. The van der Waals surface area contributed by atoms with Crippen LogP contribution in [-0.4, -0.2) is 72.5 Å². The van der Waals surface area contributed by atoms with E-state index >= 15 is 0 Å². The number of hydrogen-bond acceptors (Lipinski definition) is 5. The smallest absolute Gasteiger partial charge is 0.245 e. The van der Waals surface area contributed by atoms with Crippen LogP contribution in [-0.2, 0) is 20.8 Å². The number of rotatable bonds is 8. The van der Waals surface area contributed by atoms with Crippen LogP contribution in [0.4, 0.5) is 4.39 Å². The minimum absolute atomic E-state index is 0. The van der Waals surface area contributed by atoms with E-state index in [4.69, 9.17) is 0 Å². The summed E-state index contributed by atoms with van der Waals surface area (Å²) in [5, 5.41) is 13.3. The highest BCUT2D eigenvalue weighted by Crippen LogP contribution is 2.48. The summed E-state index contributed by atoms with van der Waals surface area (Å²) in [4.78, 5) is 43.2. The zero-order chi connectivity index (χ0) is 30.8. The zero-order valence-electron chi connectivity index (χ0n) is 27.4. The first-order chi connectivity index (χ1) is 20.4. The number of likely N-dealkylation sites (tertiary alicyclic amines) is 1. The fraction of sp³-hybridized carbons (Fsp3) is 0.735. The van der Waals surface area contributed by atoms with Gasteiger partial charge < -0.3 is 26.2 Å². The van der Waals surface area contributed by atoms with Gasteiger partial charge in [-0.25, -0.2) is 4.39 Å². The molecule has 3 amide bonds. The first kappa shape index (κ1) is 37.5. The monoisotopic (exact) mass is 669 g/mol. The summed E-state index contributed by atoms with van der Waals surface area (Å²) in [6, 6.07) is 5.26. The van der Waals surface area contributed by atoms with Crippen LogP contribution < -0.4 is 21.3 Å². The molecule has 2 heterocycles. The molecule has 1 aromatic rings. The number of nitrogens with one attached hydrogen (secondary N) is 4. The lowest BCUT2D eigenvalue weighted by molar-refractivity contribution is -0.147. The van der Waals surface area contributed by atoms with Gasteiger partial charge in [-0.3, -0.25) is 14.4 Å². The number of carbonyl (C=O) groups excluding carboxylic acids is 3. The van der Waals surface area contributed by atoms with Gasteiger partial charge in [-0.05, 0) is 88.3 Å².